The van der Waals surface area contributed by atoms with Crippen molar-refractivity contribution in [2.45, 2.75) is 20.8 Å². The summed E-state index contributed by atoms with van der Waals surface area (Å²) in [6.45, 7) is 17.5. The molecule has 0 aromatic carbocycles. The van der Waals surface area contributed by atoms with E-state index < -0.39 is 5.97 Å². The minimum atomic E-state index is -1.02. The zero-order valence-electron chi connectivity index (χ0n) is 13.8. The van der Waals surface area contributed by atoms with Crippen molar-refractivity contribution < 1.29 is 9.90 Å². The first-order valence-corrected chi connectivity index (χ1v) is 7.34. The van der Waals surface area contributed by atoms with Crippen LogP contribution in [0.4, 0.5) is 0 Å². The molecule has 0 aliphatic rings. The lowest BCUT2D eigenvalue weighted by atomic mass is 9.95. The van der Waals surface area contributed by atoms with E-state index in [4.69, 9.17) is 0 Å². The molecule has 1 N–H and O–H groups in total. The van der Waals surface area contributed by atoms with Crippen LogP contribution in [0, 0.1) is 0 Å². The molecule has 0 spiro atoms. The quantitative estimate of drug-likeness (QED) is 0.810. The first kappa shape index (κ1) is 18.2. The zero-order chi connectivity index (χ0) is 17.6. The number of pyridine rings is 1. The molecule has 23 heavy (non-hydrogen) atoms. The number of hydrogen-bond donors (Lipinski definition) is 1. The molecule has 0 fully saturated rings. The molecular weight excluding hydrogens is 288 g/mol. The van der Waals surface area contributed by atoms with Gasteiger partial charge in [0.05, 0.1) is 6.20 Å². The van der Waals surface area contributed by atoms with Gasteiger partial charge in [0, 0.05) is 6.20 Å². The summed E-state index contributed by atoms with van der Waals surface area (Å²) in [7, 11) is 0. The first-order chi connectivity index (χ1) is 11.0. The number of nitrogens with zero attached hydrogens (tertiary/aromatic N) is 2. The SMILES string of the molecule is C=C/C=C(\C(=C)C(=C)C)c1ccc2ncc(C(=O)O)n2c1.CC. The molecule has 4 nitrogen and oxygen atoms in total. The van der Waals surface area contributed by atoms with Gasteiger partial charge in [-0.2, -0.15) is 0 Å². The number of carboxylic acid groups (broad SMARTS) is 1. The molecule has 0 saturated carbocycles. The van der Waals surface area contributed by atoms with E-state index in [1.165, 1.54) is 6.20 Å². The molecule has 4 heteroatoms. The molecule has 120 valence electrons. The number of allylic oxidation sites excluding steroid dienone is 5. The van der Waals surface area contributed by atoms with Crippen molar-refractivity contribution in [3.63, 3.8) is 0 Å². The highest BCUT2D eigenvalue weighted by atomic mass is 16.4. The molecule has 2 aromatic heterocycles. The van der Waals surface area contributed by atoms with E-state index in [1.807, 2.05) is 32.9 Å². The lowest BCUT2D eigenvalue weighted by molar-refractivity contribution is 0.0689. The maximum atomic E-state index is 11.2. The fourth-order valence-corrected chi connectivity index (χ4v) is 2.02. The Morgan fingerprint density at radius 3 is 2.48 bits per heavy atom. The van der Waals surface area contributed by atoms with E-state index >= 15 is 0 Å². The second kappa shape index (κ2) is 7.94. The van der Waals surface area contributed by atoms with Gasteiger partial charge in [-0.15, -0.1) is 0 Å². The lowest BCUT2D eigenvalue weighted by Gasteiger charge is -2.11. The Hall–Kier alpha value is -2.88. The highest BCUT2D eigenvalue weighted by molar-refractivity contribution is 5.87. The molecule has 0 atom stereocenters. The van der Waals surface area contributed by atoms with Crippen molar-refractivity contribution >= 4 is 17.2 Å². The van der Waals surface area contributed by atoms with Gasteiger partial charge in [0.1, 0.15) is 5.65 Å². The molecular formula is C19H22N2O2. The molecule has 2 heterocycles. The van der Waals surface area contributed by atoms with Crippen molar-refractivity contribution in [1.29, 1.82) is 0 Å². The number of fused-ring (bicyclic) bond motifs is 1. The van der Waals surface area contributed by atoms with Crippen molar-refractivity contribution in [3.8, 4) is 0 Å². The smallest absolute Gasteiger partial charge is 0.354 e. The minimum absolute atomic E-state index is 0.116. The van der Waals surface area contributed by atoms with Gasteiger partial charge in [0.2, 0.25) is 0 Å². The van der Waals surface area contributed by atoms with Crippen LogP contribution in [-0.4, -0.2) is 20.5 Å². The first-order valence-electron chi connectivity index (χ1n) is 7.34. The zero-order valence-corrected chi connectivity index (χ0v) is 13.8. The van der Waals surface area contributed by atoms with Crippen LogP contribution < -0.4 is 0 Å². The minimum Gasteiger partial charge on any atom is -0.477 e. The van der Waals surface area contributed by atoms with Crippen molar-refractivity contribution in [3.05, 3.63) is 78.8 Å². The summed E-state index contributed by atoms with van der Waals surface area (Å²) in [5.41, 5.74) is 4.00. The maximum absolute atomic E-state index is 11.2. The van der Waals surface area contributed by atoms with E-state index in [0.29, 0.717) is 5.65 Å². The lowest BCUT2D eigenvalue weighted by Crippen LogP contribution is -2.02. The number of rotatable bonds is 5. The van der Waals surface area contributed by atoms with E-state index in [2.05, 4.69) is 24.7 Å². The van der Waals surface area contributed by atoms with Crippen molar-refractivity contribution in [1.82, 2.24) is 9.38 Å². The number of carboxylic acids is 1. The molecule has 0 bridgehead atoms. The highest BCUT2D eigenvalue weighted by Crippen LogP contribution is 2.27. The monoisotopic (exact) mass is 310 g/mol. The normalized spacial score (nSPS) is 10.7. The van der Waals surface area contributed by atoms with Gasteiger partial charge in [-0.1, -0.05) is 51.3 Å². The molecule has 2 aromatic rings. The predicted molar refractivity (Wildman–Crippen MR) is 95.6 cm³/mol. The molecule has 0 aliphatic carbocycles. The van der Waals surface area contributed by atoms with Gasteiger partial charge in [0.25, 0.3) is 0 Å². The maximum Gasteiger partial charge on any atom is 0.354 e. The number of imidazole rings is 1. The van der Waals surface area contributed by atoms with Crippen LogP contribution >= 0.6 is 0 Å². The van der Waals surface area contributed by atoms with Crippen LogP contribution in [0.25, 0.3) is 11.2 Å². The van der Waals surface area contributed by atoms with Crippen molar-refractivity contribution in [2.24, 2.45) is 0 Å². The Bertz CT molecular complexity index is 795. The standard InChI is InChI=1S/C17H16N2O2.C2H6/c1-5-6-14(12(4)11(2)3)13-7-8-16-18-9-15(17(20)21)19(16)10-13;1-2/h5-10H,1-2,4H2,3H3,(H,20,21);1-2H3/b14-6+;. The van der Waals surface area contributed by atoms with Gasteiger partial charge in [-0.3, -0.25) is 4.40 Å². The second-order valence-corrected chi connectivity index (χ2v) is 4.67. The molecule has 2 rings (SSSR count). The number of aromatic carboxylic acids is 1. The molecule has 0 radical (unpaired) electrons. The average Bonchev–Trinajstić information content (AvgIpc) is 2.97. The van der Waals surface area contributed by atoms with Crippen LogP contribution in [0.15, 0.2) is 67.6 Å². The van der Waals surface area contributed by atoms with Gasteiger partial charge < -0.3 is 5.11 Å². The van der Waals surface area contributed by atoms with Crippen LogP contribution in [0.2, 0.25) is 0 Å². The molecule has 0 saturated heterocycles. The van der Waals surface area contributed by atoms with E-state index in [-0.39, 0.29) is 5.69 Å². The largest absolute Gasteiger partial charge is 0.477 e. The Morgan fingerprint density at radius 1 is 1.30 bits per heavy atom. The summed E-state index contributed by atoms with van der Waals surface area (Å²) >= 11 is 0. The highest BCUT2D eigenvalue weighted by Gasteiger charge is 2.13. The van der Waals surface area contributed by atoms with Crippen LogP contribution in [-0.2, 0) is 0 Å². The Labute approximate surface area is 136 Å². The van der Waals surface area contributed by atoms with E-state index in [0.717, 1.165) is 22.3 Å². The summed E-state index contributed by atoms with van der Waals surface area (Å²) in [5, 5.41) is 9.18. The molecule has 0 aliphatic heterocycles. The van der Waals surface area contributed by atoms with Crippen LogP contribution in [0.1, 0.15) is 36.8 Å². The summed E-state index contributed by atoms with van der Waals surface area (Å²) in [4.78, 5) is 15.3. The van der Waals surface area contributed by atoms with Gasteiger partial charge >= 0.3 is 5.97 Å². The number of carbonyl (C=O) groups is 1. The summed E-state index contributed by atoms with van der Waals surface area (Å²) in [5.74, 6) is -1.02. The summed E-state index contributed by atoms with van der Waals surface area (Å²) < 4.78 is 1.54. The number of aromatic nitrogens is 2. The molecule has 0 amide bonds. The van der Waals surface area contributed by atoms with Crippen molar-refractivity contribution in [2.75, 3.05) is 0 Å². The summed E-state index contributed by atoms with van der Waals surface area (Å²) in [6, 6.07) is 3.64. The topological polar surface area (TPSA) is 54.6 Å². The van der Waals surface area contributed by atoms with Gasteiger partial charge in [-0.05, 0) is 35.8 Å². The van der Waals surface area contributed by atoms with Gasteiger partial charge in [-0.25, -0.2) is 9.78 Å². The second-order valence-electron chi connectivity index (χ2n) is 4.67. The third-order valence-electron chi connectivity index (χ3n) is 3.16. The fourth-order valence-electron chi connectivity index (χ4n) is 2.02. The Balaban J connectivity index is 0.00000127. The van der Waals surface area contributed by atoms with E-state index in [1.54, 1.807) is 22.7 Å². The van der Waals surface area contributed by atoms with E-state index in [9.17, 15) is 9.90 Å². The molecule has 0 unspecified atom stereocenters. The number of hydrogen-bond acceptors (Lipinski definition) is 2. The van der Waals surface area contributed by atoms with Crippen LogP contribution in [0.5, 0.6) is 0 Å². The Kier molecular flexibility index (Phi) is 6.27. The third kappa shape index (κ3) is 3.86. The Morgan fingerprint density at radius 2 is 1.96 bits per heavy atom. The fraction of sp³-hybridized carbons (Fsp3) is 0.158. The third-order valence-corrected chi connectivity index (χ3v) is 3.16. The average molecular weight is 310 g/mol. The van der Waals surface area contributed by atoms with Crippen LogP contribution in [0.3, 0.4) is 0 Å². The van der Waals surface area contributed by atoms with Gasteiger partial charge in [0.15, 0.2) is 5.69 Å². The predicted octanol–water partition coefficient (Wildman–Crippen LogP) is 4.76. The summed E-state index contributed by atoms with van der Waals surface area (Å²) in [6.07, 6.45) is 6.57.